The third kappa shape index (κ3) is 6.92. The van der Waals surface area contributed by atoms with Crippen molar-refractivity contribution >= 4 is 30.0 Å². The van der Waals surface area contributed by atoms with E-state index in [-0.39, 0.29) is 30.4 Å². The maximum Gasteiger partial charge on any atom is 0.319 e. The lowest BCUT2D eigenvalue weighted by Crippen LogP contribution is -2.52. The smallest absolute Gasteiger partial charge is 0.319 e. The number of benzene rings is 1. The molecule has 0 aliphatic heterocycles. The fraction of sp³-hybridized carbons (Fsp3) is 0.556. The number of halogens is 1. The van der Waals surface area contributed by atoms with Crippen LogP contribution in [-0.4, -0.2) is 30.1 Å². The lowest BCUT2D eigenvalue weighted by atomic mass is 9.90. The van der Waals surface area contributed by atoms with Crippen molar-refractivity contribution in [3.63, 3.8) is 0 Å². The Hall–Kier alpha value is -1.79. The van der Waals surface area contributed by atoms with Gasteiger partial charge in [-0.05, 0) is 50.3 Å². The average Bonchev–Trinajstić information content (AvgIpc) is 3.30. The fourth-order valence-electron chi connectivity index (χ4n) is 2.75. The molecular weight excluding hydrogens is 340 g/mol. The lowest BCUT2D eigenvalue weighted by Gasteiger charge is -2.31. The van der Waals surface area contributed by atoms with E-state index in [1.165, 1.54) is 0 Å². The summed E-state index contributed by atoms with van der Waals surface area (Å²) in [5.74, 6) is 0.243. The van der Waals surface area contributed by atoms with Crippen LogP contribution in [0.25, 0.3) is 0 Å². The maximum absolute atomic E-state index is 12.5. The molecule has 0 aromatic heterocycles. The van der Waals surface area contributed by atoms with Crippen molar-refractivity contribution in [1.82, 2.24) is 10.6 Å². The third-order valence-corrected chi connectivity index (χ3v) is 4.02. The van der Waals surface area contributed by atoms with Crippen LogP contribution in [0.1, 0.15) is 50.4 Å². The first-order valence-electron chi connectivity index (χ1n) is 8.51. The summed E-state index contributed by atoms with van der Waals surface area (Å²) in [6.45, 7) is 6.53. The van der Waals surface area contributed by atoms with Gasteiger partial charge in [0.15, 0.2) is 0 Å². The van der Waals surface area contributed by atoms with Gasteiger partial charge >= 0.3 is 6.03 Å². The molecule has 5 N–H and O–H groups in total. The molecule has 1 atom stereocenters. The van der Waals surface area contributed by atoms with Crippen LogP contribution in [0.2, 0.25) is 0 Å². The van der Waals surface area contributed by atoms with Crippen LogP contribution in [0, 0.1) is 5.92 Å². The predicted molar refractivity (Wildman–Crippen MR) is 103 cm³/mol. The van der Waals surface area contributed by atoms with Crippen molar-refractivity contribution in [3.8, 4) is 0 Å². The Kier molecular flexibility index (Phi) is 7.70. The van der Waals surface area contributed by atoms with E-state index in [9.17, 15) is 9.59 Å². The van der Waals surface area contributed by atoms with E-state index in [0.717, 1.165) is 19.3 Å². The molecule has 25 heavy (non-hydrogen) atoms. The molecule has 1 saturated carbocycles. The van der Waals surface area contributed by atoms with Crippen molar-refractivity contribution < 1.29 is 9.59 Å². The molecule has 0 spiro atoms. The molecule has 0 bridgehead atoms. The van der Waals surface area contributed by atoms with Crippen molar-refractivity contribution in [2.45, 2.75) is 51.6 Å². The highest BCUT2D eigenvalue weighted by Crippen LogP contribution is 2.20. The molecular formula is C18H29ClN4O2. The van der Waals surface area contributed by atoms with E-state index in [4.69, 9.17) is 5.73 Å². The number of anilines is 1. The number of nitrogens with two attached hydrogens (primary N) is 1. The SMILES string of the molecule is CC(C)CC(C)(CN)NC(=O)c1cccc(NC(=O)NC2CC2)c1.Cl. The number of hydrogen-bond donors (Lipinski definition) is 4. The zero-order valence-corrected chi connectivity index (χ0v) is 15.9. The summed E-state index contributed by atoms with van der Waals surface area (Å²) in [7, 11) is 0. The van der Waals surface area contributed by atoms with Crippen molar-refractivity contribution in [2.75, 3.05) is 11.9 Å². The Morgan fingerprint density at radius 2 is 2.00 bits per heavy atom. The molecule has 3 amide bonds. The fourth-order valence-corrected chi connectivity index (χ4v) is 2.75. The molecule has 140 valence electrons. The van der Waals surface area contributed by atoms with E-state index in [1.807, 2.05) is 6.92 Å². The topological polar surface area (TPSA) is 96.2 Å². The minimum Gasteiger partial charge on any atom is -0.346 e. The number of rotatable bonds is 7. The predicted octanol–water partition coefficient (Wildman–Crippen LogP) is 2.89. The van der Waals surface area contributed by atoms with Crippen molar-refractivity contribution in [1.29, 1.82) is 0 Å². The van der Waals surface area contributed by atoms with Gasteiger partial charge in [0.05, 0.1) is 0 Å². The molecule has 1 aromatic rings. The summed E-state index contributed by atoms with van der Waals surface area (Å²) in [5.41, 5.74) is 6.50. The molecule has 7 heteroatoms. The van der Waals surface area contributed by atoms with Gasteiger partial charge in [0.1, 0.15) is 0 Å². The van der Waals surface area contributed by atoms with Crippen LogP contribution in [0.3, 0.4) is 0 Å². The van der Waals surface area contributed by atoms with Gasteiger partial charge in [-0.1, -0.05) is 19.9 Å². The molecule has 1 unspecified atom stereocenters. The highest BCUT2D eigenvalue weighted by Gasteiger charge is 2.26. The van der Waals surface area contributed by atoms with Crippen LogP contribution in [0.15, 0.2) is 24.3 Å². The minimum atomic E-state index is -0.446. The monoisotopic (exact) mass is 368 g/mol. The number of hydrogen-bond acceptors (Lipinski definition) is 3. The highest BCUT2D eigenvalue weighted by molar-refractivity contribution is 5.97. The van der Waals surface area contributed by atoms with E-state index >= 15 is 0 Å². The second-order valence-electron chi connectivity index (χ2n) is 7.27. The highest BCUT2D eigenvalue weighted by atomic mass is 35.5. The van der Waals surface area contributed by atoms with Gasteiger partial charge in [-0.2, -0.15) is 0 Å². The molecule has 2 rings (SSSR count). The summed E-state index contributed by atoms with van der Waals surface area (Å²) >= 11 is 0. The van der Waals surface area contributed by atoms with Gasteiger partial charge in [0.2, 0.25) is 0 Å². The zero-order valence-electron chi connectivity index (χ0n) is 15.1. The Bertz CT molecular complexity index is 604. The van der Waals surface area contributed by atoms with Crippen LogP contribution in [-0.2, 0) is 0 Å². The standard InChI is InChI=1S/C18H28N4O2.ClH/c1-12(2)10-18(3,11-19)22-16(23)13-5-4-6-15(9-13)21-17(24)20-14-7-8-14;/h4-6,9,12,14H,7-8,10-11,19H2,1-3H3,(H,22,23)(H2,20,21,24);1H. The van der Waals surface area contributed by atoms with Gasteiger partial charge < -0.3 is 21.7 Å². The van der Waals surface area contributed by atoms with E-state index in [1.54, 1.807) is 24.3 Å². The van der Waals surface area contributed by atoms with Gasteiger partial charge in [-0.3, -0.25) is 4.79 Å². The van der Waals surface area contributed by atoms with Crippen LogP contribution in [0.4, 0.5) is 10.5 Å². The number of carbonyl (C=O) groups excluding carboxylic acids is 2. The van der Waals surface area contributed by atoms with Crippen molar-refractivity contribution in [2.24, 2.45) is 11.7 Å². The van der Waals surface area contributed by atoms with Gasteiger partial charge in [-0.25, -0.2) is 4.79 Å². The normalized spacial score (nSPS) is 15.7. The van der Waals surface area contributed by atoms with Crippen LogP contribution in [0.5, 0.6) is 0 Å². The Labute approximate surface area is 155 Å². The number of amides is 3. The van der Waals surface area contributed by atoms with E-state index < -0.39 is 5.54 Å². The summed E-state index contributed by atoms with van der Waals surface area (Å²) in [4.78, 5) is 24.3. The molecule has 0 saturated heterocycles. The summed E-state index contributed by atoms with van der Waals surface area (Å²) in [6, 6.07) is 6.97. The Morgan fingerprint density at radius 3 is 2.56 bits per heavy atom. The summed E-state index contributed by atoms with van der Waals surface area (Å²) in [6.07, 6.45) is 2.86. The maximum atomic E-state index is 12.5. The van der Waals surface area contributed by atoms with E-state index in [2.05, 4.69) is 29.8 Å². The zero-order chi connectivity index (χ0) is 17.7. The quantitative estimate of drug-likeness (QED) is 0.595. The number of urea groups is 1. The average molecular weight is 369 g/mol. The Morgan fingerprint density at radius 1 is 1.32 bits per heavy atom. The van der Waals surface area contributed by atoms with Gasteiger partial charge in [0, 0.05) is 29.4 Å². The summed E-state index contributed by atoms with van der Waals surface area (Å²) in [5, 5.41) is 8.64. The second kappa shape index (κ2) is 9.06. The Balaban J connectivity index is 0.00000312. The largest absolute Gasteiger partial charge is 0.346 e. The lowest BCUT2D eigenvalue weighted by molar-refractivity contribution is 0.0898. The second-order valence-corrected chi connectivity index (χ2v) is 7.27. The molecule has 1 aliphatic carbocycles. The van der Waals surface area contributed by atoms with Crippen LogP contribution >= 0.6 is 12.4 Å². The first-order chi connectivity index (χ1) is 11.3. The molecule has 1 aromatic carbocycles. The minimum absolute atomic E-state index is 0. The number of carbonyl (C=O) groups is 2. The summed E-state index contributed by atoms with van der Waals surface area (Å²) < 4.78 is 0. The van der Waals surface area contributed by atoms with Crippen molar-refractivity contribution in [3.05, 3.63) is 29.8 Å². The molecule has 0 heterocycles. The molecule has 1 aliphatic rings. The third-order valence-electron chi connectivity index (χ3n) is 4.02. The first-order valence-corrected chi connectivity index (χ1v) is 8.51. The number of nitrogens with one attached hydrogen (secondary N) is 3. The molecule has 0 radical (unpaired) electrons. The van der Waals surface area contributed by atoms with E-state index in [0.29, 0.717) is 23.7 Å². The van der Waals surface area contributed by atoms with Gasteiger partial charge in [-0.15, -0.1) is 12.4 Å². The van der Waals surface area contributed by atoms with Gasteiger partial charge in [0.25, 0.3) is 5.91 Å². The first kappa shape index (κ1) is 21.3. The molecule has 6 nitrogen and oxygen atoms in total. The molecule has 1 fully saturated rings. The van der Waals surface area contributed by atoms with Crippen LogP contribution < -0.4 is 21.7 Å².